The van der Waals surface area contributed by atoms with Gasteiger partial charge in [-0.15, -0.1) is 0 Å². The van der Waals surface area contributed by atoms with Crippen molar-refractivity contribution in [1.29, 1.82) is 0 Å². The number of nitrogens with zero attached hydrogens (tertiary/aromatic N) is 1. The number of hydrogen-bond donors (Lipinski definition) is 2. The van der Waals surface area contributed by atoms with Crippen LogP contribution in [0.2, 0.25) is 0 Å². The fraction of sp³-hybridized carbons (Fsp3) is 0.846. The molecule has 2 atom stereocenters. The van der Waals surface area contributed by atoms with E-state index in [1.54, 1.807) is 11.8 Å². The molecule has 1 saturated heterocycles. The van der Waals surface area contributed by atoms with E-state index in [1.165, 1.54) is 0 Å². The molecule has 1 aliphatic heterocycles. The Balaban J connectivity index is 2.45. The lowest BCUT2D eigenvalue weighted by atomic mass is 10.0. The molecule has 0 aliphatic carbocycles. The van der Waals surface area contributed by atoms with Crippen LogP contribution in [-0.2, 0) is 9.59 Å². The zero-order valence-corrected chi connectivity index (χ0v) is 11.7. The molecule has 2 amide bonds. The molecule has 1 unspecified atom stereocenters. The summed E-state index contributed by atoms with van der Waals surface area (Å²) in [5, 5.41) is 5.99. The summed E-state index contributed by atoms with van der Waals surface area (Å²) >= 11 is 0. The number of amides is 2. The van der Waals surface area contributed by atoms with Crippen molar-refractivity contribution in [3.05, 3.63) is 0 Å². The molecule has 0 bridgehead atoms. The molecular formula is C13H25N3O2. The first kappa shape index (κ1) is 15.0. The van der Waals surface area contributed by atoms with Crippen molar-refractivity contribution in [2.24, 2.45) is 0 Å². The summed E-state index contributed by atoms with van der Waals surface area (Å²) in [4.78, 5) is 25.7. The topological polar surface area (TPSA) is 61.4 Å². The first-order valence-corrected chi connectivity index (χ1v) is 6.92. The van der Waals surface area contributed by atoms with Crippen LogP contribution in [0.1, 0.15) is 40.0 Å². The third-order valence-corrected chi connectivity index (χ3v) is 3.43. The van der Waals surface area contributed by atoms with Crippen LogP contribution >= 0.6 is 0 Å². The molecule has 0 aromatic carbocycles. The molecule has 0 aromatic heterocycles. The summed E-state index contributed by atoms with van der Waals surface area (Å²) < 4.78 is 0. The monoisotopic (exact) mass is 255 g/mol. The molecular weight excluding hydrogens is 230 g/mol. The highest BCUT2D eigenvalue weighted by Crippen LogP contribution is 2.07. The Morgan fingerprint density at radius 3 is 2.50 bits per heavy atom. The van der Waals surface area contributed by atoms with Gasteiger partial charge in [0.2, 0.25) is 11.8 Å². The van der Waals surface area contributed by atoms with Gasteiger partial charge < -0.3 is 15.5 Å². The molecule has 104 valence electrons. The summed E-state index contributed by atoms with van der Waals surface area (Å²) in [6.45, 7) is 7.88. The van der Waals surface area contributed by atoms with E-state index < -0.39 is 6.04 Å². The third-order valence-electron chi connectivity index (χ3n) is 3.43. The van der Waals surface area contributed by atoms with Gasteiger partial charge in [0.1, 0.15) is 6.04 Å². The Kier molecular flexibility index (Phi) is 6.12. The van der Waals surface area contributed by atoms with Gasteiger partial charge in [-0.2, -0.15) is 0 Å². The highest BCUT2D eigenvalue weighted by Gasteiger charge is 2.25. The van der Waals surface area contributed by atoms with Crippen LogP contribution in [0.15, 0.2) is 0 Å². The second-order valence-electron chi connectivity index (χ2n) is 4.74. The molecule has 2 N–H and O–H groups in total. The van der Waals surface area contributed by atoms with E-state index in [9.17, 15) is 9.59 Å². The zero-order valence-electron chi connectivity index (χ0n) is 11.7. The standard InChI is InChI=1S/C13H25N3O2/c1-4-16(5-2)13(18)10(3)15-12(17)11-8-6-7-9-14-11/h10-11,14H,4-9H2,1-3H3,(H,15,17)/t10?,11-/m0/s1. The minimum Gasteiger partial charge on any atom is -0.343 e. The summed E-state index contributed by atoms with van der Waals surface area (Å²) in [7, 11) is 0. The van der Waals surface area contributed by atoms with E-state index in [4.69, 9.17) is 0 Å². The molecule has 0 spiro atoms. The van der Waals surface area contributed by atoms with Crippen LogP contribution in [0.5, 0.6) is 0 Å². The number of rotatable bonds is 5. The largest absolute Gasteiger partial charge is 0.343 e. The molecule has 0 saturated carbocycles. The first-order chi connectivity index (χ1) is 8.60. The van der Waals surface area contributed by atoms with Crippen molar-refractivity contribution in [2.75, 3.05) is 19.6 Å². The van der Waals surface area contributed by atoms with Gasteiger partial charge in [-0.3, -0.25) is 9.59 Å². The summed E-state index contributed by atoms with van der Waals surface area (Å²) in [6.07, 6.45) is 3.05. The van der Waals surface area contributed by atoms with E-state index in [1.807, 2.05) is 13.8 Å². The Labute approximate surface area is 109 Å². The van der Waals surface area contributed by atoms with Crippen LogP contribution in [0.4, 0.5) is 0 Å². The molecule has 1 fully saturated rings. The number of nitrogens with one attached hydrogen (secondary N) is 2. The Morgan fingerprint density at radius 2 is 2.00 bits per heavy atom. The first-order valence-electron chi connectivity index (χ1n) is 6.92. The van der Waals surface area contributed by atoms with Gasteiger partial charge in [-0.25, -0.2) is 0 Å². The lowest BCUT2D eigenvalue weighted by Gasteiger charge is -2.27. The average molecular weight is 255 g/mol. The maximum Gasteiger partial charge on any atom is 0.244 e. The molecule has 0 aromatic rings. The van der Waals surface area contributed by atoms with Gasteiger partial charge in [0, 0.05) is 13.1 Å². The van der Waals surface area contributed by atoms with Crippen molar-refractivity contribution in [1.82, 2.24) is 15.5 Å². The predicted octanol–water partition coefficient (Wildman–Crippen LogP) is 0.502. The fourth-order valence-electron chi connectivity index (χ4n) is 2.26. The Morgan fingerprint density at radius 1 is 1.33 bits per heavy atom. The number of hydrogen-bond acceptors (Lipinski definition) is 3. The number of likely N-dealkylation sites (N-methyl/N-ethyl adjacent to an activating group) is 1. The van der Waals surface area contributed by atoms with Gasteiger partial charge in [-0.05, 0) is 40.2 Å². The van der Waals surface area contributed by atoms with Crippen LogP contribution in [0.25, 0.3) is 0 Å². The van der Waals surface area contributed by atoms with Gasteiger partial charge in [0.15, 0.2) is 0 Å². The van der Waals surface area contributed by atoms with Crippen molar-refractivity contribution in [3.63, 3.8) is 0 Å². The lowest BCUT2D eigenvalue weighted by Crippen LogP contribution is -2.53. The lowest BCUT2D eigenvalue weighted by molar-refractivity contribution is -0.136. The van der Waals surface area contributed by atoms with E-state index in [0.29, 0.717) is 13.1 Å². The normalized spacial score (nSPS) is 21.2. The Hall–Kier alpha value is -1.10. The Bertz CT molecular complexity index is 284. The van der Waals surface area contributed by atoms with E-state index in [-0.39, 0.29) is 17.9 Å². The van der Waals surface area contributed by atoms with Crippen molar-refractivity contribution in [2.45, 2.75) is 52.1 Å². The molecule has 1 aliphatic rings. The van der Waals surface area contributed by atoms with Gasteiger partial charge >= 0.3 is 0 Å². The molecule has 5 heteroatoms. The van der Waals surface area contributed by atoms with E-state index in [0.717, 1.165) is 25.8 Å². The van der Waals surface area contributed by atoms with E-state index >= 15 is 0 Å². The fourth-order valence-corrected chi connectivity index (χ4v) is 2.26. The van der Waals surface area contributed by atoms with Crippen molar-refractivity contribution < 1.29 is 9.59 Å². The zero-order chi connectivity index (χ0) is 13.5. The highest BCUT2D eigenvalue weighted by molar-refractivity contribution is 5.89. The van der Waals surface area contributed by atoms with Crippen LogP contribution in [-0.4, -0.2) is 48.4 Å². The second kappa shape index (κ2) is 7.36. The minimum atomic E-state index is -0.443. The summed E-state index contributed by atoms with van der Waals surface area (Å²) in [6, 6.07) is -0.577. The number of carbonyl (C=O) groups excluding carboxylic acids is 2. The number of piperidine rings is 1. The second-order valence-corrected chi connectivity index (χ2v) is 4.74. The smallest absolute Gasteiger partial charge is 0.244 e. The maximum absolute atomic E-state index is 12.0. The van der Waals surface area contributed by atoms with Crippen molar-refractivity contribution in [3.8, 4) is 0 Å². The molecule has 18 heavy (non-hydrogen) atoms. The molecule has 0 radical (unpaired) electrons. The van der Waals surface area contributed by atoms with Crippen LogP contribution < -0.4 is 10.6 Å². The van der Waals surface area contributed by atoms with Gasteiger partial charge in [0.25, 0.3) is 0 Å². The predicted molar refractivity (Wildman–Crippen MR) is 71.2 cm³/mol. The van der Waals surface area contributed by atoms with Crippen LogP contribution in [0.3, 0.4) is 0 Å². The SMILES string of the molecule is CCN(CC)C(=O)C(C)NC(=O)[C@@H]1CCCCN1. The average Bonchev–Trinajstić information content (AvgIpc) is 2.40. The van der Waals surface area contributed by atoms with Crippen LogP contribution in [0, 0.1) is 0 Å². The van der Waals surface area contributed by atoms with E-state index in [2.05, 4.69) is 10.6 Å². The number of carbonyl (C=O) groups is 2. The minimum absolute atomic E-state index is 0.0100. The summed E-state index contributed by atoms with van der Waals surface area (Å²) in [5.74, 6) is -0.0631. The maximum atomic E-state index is 12.0. The van der Waals surface area contributed by atoms with Gasteiger partial charge in [0.05, 0.1) is 6.04 Å². The molecule has 5 nitrogen and oxygen atoms in total. The summed E-state index contributed by atoms with van der Waals surface area (Å²) in [5.41, 5.74) is 0. The van der Waals surface area contributed by atoms with Crippen molar-refractivity contribution >= 4 is 11.8 Å². The molecule has 1 rings (SSSR count). The third kappa shape index (κ3) is 3.98. The van der Waals surface area contributed by atoms with Gasteiger partial charge in [-0.1, -0.05) is 6.42 Å². The quantitative estimate of drug-likeness (QED) is 0.752. The molecule has 1 heterocycles. The highest BCUT2D eigenvalue weighted by atomic mass is 16.2.